The van der Waals surface area contributed by atoms with Crippen molar-refractivity contribution in [3.8, 4) is 0 Å². The van der Waals surface area contributed by atoms with E-state index < -0.39 is 0 Å². The van der Waals surface area contributed by atoms with Crippen molar-refractivity contribution in [2.45, 2.75) is 33.4 Å². The summed E-state index contributed by atoms with van der Waals surface area (Å²) < 4.78 is 5.64. The molecule has 2 rings (SSSR count). The Kier molecular flexibility index (Phi) is 10.3. The van der Waals surface area contributed by atoms with Gasteiger partial charge in [0.05, 0.1) is 12.3 Å². The Balaban J connectivity index is 0.00000338. The summed E-state index contributed by atoms with van der Waals surface area (Å²) in [6, 6.07) is 12.7. The van der Waals surface area contributed by atoms with Crippen LogP contribution >= 0.6 is 24.0 Å². The van der Waals surface area contributed by atoms with E-state index in [1.165, 1.54) is 11.1 Å². The molecule has 1 heterocycles. The van der Waals surface area contributed by atoms with E-state index in [0.717, 1.165) is 37.9 Å². The largest absolute Gasteiger partial charge is 0.468 e. The van der Waals surface area contributed by atoms with Crippen LogP contribution in [0.2, 0.25) is 0 Å². The number of aryl methyl sites for hydroxylation is 1. The minimum atomic E-state index is 0. The van der Waals surface area contributed by atoms with Crippen LogP contribution in [0.1, 0.15) is 36.8 Å². The maximum Gasteiger partial charge on any atom is 0.191 e. The summed E-state index contributed by atoms with van der Waals surface area (Å²) in [7, 11) is 1.80. The number of halogens is 1. The maximum atomic E-state index is 5.64. The lowest BCUT2D eigenvalue weighted by Crippen LogP contribution is -2.42. The minimum absolute atomic E-state index is 0. The third-order valence-corrected chi connectivity index (χ3v) is 4.39. The highest BCUT2D eigenvalue weighted by Gasteiger charge is 2.20. The van der Waals surface area contributed by atoms with Crippen LogP contribution in [-0.4, -0.2) is 37.5 Å². The molecule has 0 radical (unpaired) electrons. The fourth-order valence-electron chi connectivity index (χ4n) is 2.86. The van der Waals surface area contributed by atoms with Gasteiger partial charge >= 0.3 is 0 Å². The van der Waals surface area contributed by atoms with E-state index in [1.807, 2.05) is 12.1 Å². The highest BCUT2D eigenvalue weighted by atomic mass is 127. The van der Waals surface area contributed by atoms with Crippen molar-refractivity contribution in [2.24, 2.45) is 4.99 Å². The zero-order valence-electron chi connectivity index (χ0n) is 16.2. The Labute approximate surface area is 174 Å². The SMILES string of the molecule is CCN(CC)C(CNC(=NC)NCc1ccc(C)cc1)c1ccco1.I. The topological polar surface area (TPSA) is 52.8 Å². The van der Waals surface area contributed by atoms with Crippen LogP contribution in [0.5, 0.6) is 0 Å². The van der Waals surface area contributed by atoms with E-state index in [9.17, 15) is 0 Å². The Bertz CT molecular complexity index is 636. The van der Waals surface area contributed by atoms with Crippen LogP contribution in [0.25, 0.3) is 0 Å². The van der Waals surface area contributed by atoms with Gasteiger partial charge in [0.25, 0.3) is 0 Å². The summed E-state index contributed by atoms with van der Waals surface area (Å²) in [5.74, 6) is 1.77. The first-order valence-corrected chi connectivity index (χ1v) is 8.95. The van der Waals surface area contributed by atoms with E-state index in [2.05, 4.69) is 65.6 Å². The highest BCUT2D eigenvalue weighted by molar-refractivity contribution is 14.0. The molecule has 2 N–H and O–H groups in total. The standard InChI is InChI=1S/C20H30N4O.HI/c1-5-24(6-2)18(19-8-7-13-25-19)15-23-20(21-4)22-14-17-11-9-16(3)10-12-17;/h7-13,18H,5-6,14-15H2,1-4H3,(H2,21,22,23);1H. The Morgan fingerprint density at radius 3 is 2.35 bits per heavy atom. The maximum absolute atomic E-state index is 5.64. The molecule has 0 saturated carbocycles. The second kappa shape index (κ2) is 12.0. The molecule has 0 aliphatic heterocycles. The number of likely N-dealkylation sites (N-methyl/N-ethyl adjacent to an activating group) is 1. The Hall–Kier alpha value is -1.54. The van der Waals surface area contributed by atoms with Crippen LogP contribution in [0.3, 0.4) is 0 Å². The van der Waals surface area contributed by atoms with Gasteiger partial charge in [0, 0.05) is 20.1 Å². The number of furan rings is 1. The van der Waals surface area contributed by atoms with Crippen molar-refractivity contribution in [1.82, 2.24) is 15.5 Å². The first-order valence-electron chi connectivity index (χ1n) is 8.95. The molecule has 0 aliphatic rings. The molecule has 1 atom stereocenters. The molecule has 2 aromatic rings. The number of hydrogen-bond donors (Lipinski definition) is 2. The predicted octanol–water partition coefficient (Wildman–Crippen LogP) is 3.95. The summed E-state index contributed by atoms with van der Waals surface area (Å²) >= 11 is 0. The molecule has 1 aromatic carbocycles. The van der Waals surface area contributed by atoms with Crippen molar-refractivity contribution >= 4 is 29.9 Å². The molecule has 0 amide bonds. The molecular weight excluding hydrogens is 439 g/mol. The zero-order chi connectivity index (χ0) is 18.1. The normalized spacial score (nSPS) is 12.6. The zero-order valence-corrected chi connectivity index (χ0v) is 18.5. The number of guanidine groups is 1. The summed E-state index contributed by atoms with van der Waals surface area (Å²) in [6.45, 7) is 9.87. The van der Waals surface area contributed by atoms with Gasteiger partial charge in [0.15, 0.2) is 5.96 Å². The van der Waals surface area contributed by atoms with Gasteiger partial charge in [-0.3, -0.25) is 9.89 Å². The lowest BCUT2D eigenvalue weighted by molar-refractivity contribution is 0.193. The highest BCUT2D eigenvalue weighted by Crippen LogP contribution is 2.20. The van der Waals surface area contributed by atoms with Gasteiger partial charge < -0.3 is 15.1 Å². The first-order chi connectivity index (χ1) is 12.2. The summed E-state index contributed by atoms with van der Waals surface area (Å²) in [5.41, 5.74) is 2.51. The lowest BCUT2D eigenvalue weighted by atomic mass is 10.1. The number of benzene rings is 1. The van der Waals surface area contributed by atoms with E-state index in [0.29, 0.717) is 0 Å². The molecule has 6 heteroatoms. The van der Waals surface area contributed by atoms with Crippen LogP contribution in [-0.2, 0) is 6.54 Å². The molecule has 144 valence electrons. The van der Waals surface area contributed by atoms with Crippen molar-refractivity contribution in [3.05, 3.63) is 59.5 Å². The van der Waals surface area contributed by atoms with E-state index in [4.69, 9.17) is 4.42 Å². The minimum Gasteiger partial charge on any atom is -0.468 e. The quantitative estimate of drug-likeness (QED) is 0.349. The monoisotopic (exact) mass is 470 g/mol. The van der Waals surface area contributed by atoms with Gasteiger partial charge in [-0.2, -0.15) is 0 Å². The summed E-state index contributed by atoms with van der Waals surface area (Å²) in [5, 5.41) is 6.80. The molecule has 5 nitrogen and oxygen atoms in total. The number of aliphatic imine (C=N–C) groups is 1. The molecular formula is C20H31IN4O. The number of hydrogen-bond acceptors (Lipinski definition) is 3. The van der Waals surface area contributed by atoms with Crippen molar-refractivity contribution in [3.63, 3.8) is 0 Å². The van der Waals surface area contributed by atoms with Crippen molar-refractivity contribution < 1.29 is 4.42 Å². The Morgan fingerprint density at radius 1 is 1.12 bits per heavy atom. The molecule has 0 saturated heterocycles. The predicted molar refractivity (Wildman–Crippen MR) is 119 cm³/mol. The van der Waals surface area contributed by atoms with Crippen LogP contribution in [0, 0.1) is 6.92 Å². The van der Waals surface area contributed by atoms with Gasteiger partial charge in [0.1, 0.15) is 5.76 Å². The average Bonchev–Trinajstić information content (AvgIpc) is 3.16. The molecule has 1 unspecified atom stereocenters. The van der Waals surface area contributed by atoms with Gasteiger partial charge in [-0.15, -0.1) is 24.0 Å². The fourth-order valence-corrected chi connectivity index (χ4v) is 2.86. The van der Waals surface area contributed by atoms with Crippen molar-refractivity contribution in [2.75, 3.05) is 26.7 Å². The van der Waals surface area contributed by atoms with Gasteiger partial charge in [0.2, 0.25) is 0 Å². The third-order valence-electron chi connectivity index (χ3n) is 4.39. The van der Waals surface area contributed by atoms with Crippen LogP contribution in [0.4, 0.5) is 0 Å². The summed E-state index contributed by atoms with van der Waals surface area (Å²) in [4.78, 5) is 6.70. The van der Waals surface area contributed by atoms with E-state index in [-0.39, 0.29) is 30.0 Å². The van der Waals surface area contributed by atoms with Crippen LogP contribution in [0.15, 0.2) is 52.1 Å². The molecule has 0 aliphatic carbocycles. The Morgan fingerprint density at radius 2 is 1.81 bits per heavy atom. The van der Waals surface area contributed by atoms with Gasteiger partial charge in [-0.25, -0.2) is 0 Å². The number of nitrogens with zero attached hydrogens (tertiary/aromatic N) is 2. The van der Waals surface area contributed by atoms with Crippen molar-refractivity contribution in [1.29, 1.82) is 0 Å². The number of rotatable bonds is 8. The first kappa shape index (κ1) is 22.5. The third kappa shape index (κ3) is 6.64. The molecule has 0 spiro atoms. The second-order valence-electron chi connectivity index (χ2n) is 6.04. The molecule has 0 bridgehead atoms. The average molecular weight is 470 g/mol. The molecule has 0 fully saturated rings. The summed E-state index contributed by atoms with van der Waals surface area (Å²) in [6.07, 6.45) is 1.73. The van der Waals surface area contributed by atoms with E-state index >= 15 is 0 Å². The van der Waals surface area contributed by atoms with Gasteiger partial charge in [-0.1, -0.05) is 43.7 Å². The van der Waals surface area contributed by atoms with Crippen LogP contribution < -0.4 is 10.6 Å². The fraction of sp³-hybridized carbons (Fsp3) is 0.450. The van der Waals surface area contributed by atoms with E-state index in [1.54, 1.807) is 13.3 Å². The van der Waals surface area contributed by atoms with Gasteiger partial charge in [-0.05, 0) is 37.7 Å². The molecule has 1 aromatic heterocycles. The smallest absolute Gasteiger partial charge is 0.191 e. The molecule has 26 heavy (non-hydrogen) atoms. The number of nitrogens with one attached hydrogen (secondary N) is 2. The second-order valence-corrected chi connectivity index (χ2v) is 6.04. The lowest BCUT2D eigenvalue weighted by Gasteiger charge is -2.28.